The van der Waals surface area contributed by atoms with Crippen LogP contribution in [0.15, 0.2) is 30.3 Å². The number of carbonyl (C=O) groups is 1. The number of esters is 1. The zero-order valence-corrected chi connectivity index (χ0v) is 14.7. The molecule has 0 aliphatic heterocycles. The summed E-state index contributed by atoms with van der Waals surface area (Å²) < 4.78 is 147. The van der Waals surface area contributed by atoms with E-state index in [4.69, 9.17) is 0 Å². The Balaban J connectivity index is 3.28. The number of hydrogen-bond acceptors (Lipinski definition) is 3. The zero-order valence-electron chi connectivity index (χ0n) is 14.7. The van der Waals surface area contributed by atoms with Crippen molar-refractivity contribution < 1.29 is 62.9 Å². The summed E-state index contributed by atoms with van der Waals surface area (Å²) in [7, 11) is 0. The first-order valence-corrected chi connectivity index (χ1v) is 7.74. The van der Waals surface area contributed by atoms with Crippen LogP contribution in [0.4, 0.5) is 48.3 Å². The van der Waals surface area contributed by atoms with Gasteiger partial charge in [-0.05, 0) is 12.5 Å². The molecule has 0 amide bonds. The Hall–Kier alpha value is -2.12. The Labute approximate surface area is 161 Å². The molecule has 14 heteroatoms. The summed E-state index contributed by atoms with van der Waals surface area (Å²) in [5.74, 6) is -21.3. The SMILES string of the molecule is CC(O)(C(=O)OCc1ccccc1)C(C(F)C(F)(F)C(F)(F)C(F)(F)F)C(F)(F)F. The van der Waals surface area contributed by atoms with Crippen molar-refractivity contribution in [1.82, 2.24) is 0 Å². The second-order valence-corrected chi connectivity index (χ2v) is 6.33. The minimum Gasteiger partial charge on any atom is -0.459 e. The molecule has 30 heavy (non-hydrogen) atoms. The van der Waals surface area contributed by atoms with E-state index in [0.717, 1.165) is 0 Å². The molecule has 1 aromatic carbocycles. The average Bonchev–Trinajstić information content (AvgIpc) is 2.57. The van der Waals surface area contributed by atoms with Gasteiger partial charge in [0, 0.05) is 0 Å². The van der Waals surface area contributed by atoms with Crippen LogP contribution in [0.5, 0.6) is 0 Å². The molecule has 0 heterocycles. The summed E-state index contributed by atoms with van der Waals surface area (Å²) in [6.45, 7) is -1.03. The van der Waals surface area contributed by atoms with Crippen LogP contribution in [-0.4, -0.2) is 47.0 Å². The molecule has 3 atom stereocenters. The van der Waals surface area contributed by atoms with E-state index in [0.29, 0.717) is 0 Å². The highest BCUT2D eigenvalue weighted by Gasteiger charge is 2.79. The Morgan fingerprint density at radius 1 is 0.967 bits per heavy atom. The van der Waals surface area contributed by atoms with E-state index < -0.39 is 54.5 Å². The Morgan fingerprint density at radius 3 is 1.83 bits per heavy atom. The first kappa shape index (κ1) is 25.9. The first-order chi connectivity index (χ1) is 13.3. The van der Waals surface area contributed by atoms with Crippen molar-refractivity contribution in [3.63, 3.8) is 0 Å². The van der Waals surface area contributed by atoms with Gasteiger partial charge in [-0.1, -0.05) is 30.3 Å². The molecule has 0 aliphatic carbocycles. The quantitative estimate of drug-likeness (QED) is 0.467. The highest BCUT2D eigenvalue weighted by molar-refractivity contribution is 5.79. The number of benzene rings is 1. The fraction of sp³-hybridized carbons (Fsp3) is 0.562. The fourth-order valence-corrected chi connectivity index (χ4v) is 2.34. The van der Waals surface area contributed by atoms with Crippen molar-refractivity contribution >= 4 is 5.97 Å². The van der Waals surface area contributed by atoms with Gasteiger partial charge in [0.05, 0.1) is 0 Å². The Bertz CT molecular complexity index is 726. The molecule has 1 rings (SSSR count). The summed E-state index contributed by atoms with van der Waals surface area (Å²) in [4.78, 5) is 11.8. The van der Waals surface area contributed by atoms with E-state index in [-0.39, 0.29) is 12.5 Å². The number of alkyl halides is 11. The standard InChI is InChI=1S/C16H13F11O3/c1-12(29,11(28)30-7-8-5-3-2-4-6-8)9(14(20,21)22)10(17)13(18,19)15(23,24)16(25,26)27/h2-6,9-10,29H,7H2,1H3. The molecule has 1 N–H and O–H groups in total. The lowest BCUT2D eigenvalue weighted by Crippen LogP contribution is -2.64. The van der Waals surface area contributed by atoms with Crippen LogP contribution >= 0.6 is 0 Å². The lowest BCUT2D eigenvalue weighted by Gasteiger charge is -2.39. The largest absolute Gasteiger partial charge is 0.459 e. The molecule has 0 saturated carbocycles. The number of ether oxygens (including phenoxy) is 1. The van der Waals surface area contributed by atoms with Gasteiger partial charge in [-0.3, -0.25) is 0 Å². The summed E-state index contributed by atoms with van der Waals surface area (Å²) in [5.41, 5.74) is -4.16. The molecule has 0 aliphatic rings. The van der Waals surface area contributed by atoms with Crippen LogP contribution in [0.1, 0.15) is 12.5 Å². The van der Waals surface area contributed by atoms with Gasteiger partial charge in [-0.15, -0.1) is 0 Å². The molecule has 0 bridgehead atoms. The maximum absolute atomic E-state index is 14.0. The highest BCUT2D eigenvalue weighted by Crippen LogP contribution is 2.53. The number of halogens is 11. The molecule has 3 unspecified atom stereocenters. The van der Waals surface area contributed by atoms with E-state index in [1.54, 1.807) is 0 Å². The minimum absolute atomic E-state index is 0.121. The maximum atomic E-state index is 14.0. The van der Waals surface area contributed by atoms with Crippen molar-refractivity contribution in [2.75, 3.05) is 0 Å². The lowest BCUT2D eigenvalue weighted by atomic mass is 9.80. The average molecular weight is 462 g/mol. The molecule has 0 fully saturated rings. The van der Waals surface area contributed by atoms with Gasteiger partial charge < -0.3 is 9.84 Å². The summed E-state index contributed by atoms with van der Waals surface area (Å²) >= 11 is 0. The second kappa shape index (κ2) is 8.19. The van der Waals surface area contributed by atoms with Crippen LogP contribution in [-0.2, 0) is 16.1 Å². The third kappa shape index (κ3) is 4.95. The van der Waals surface area contributed by atoms with Crippen molar-refractivity contribution in [1.29, 1.82) is 0 Å². The predicted molar refractivity (Wildman–Crippen MR) is 77.3 cm³/mol. The highest BCUT2D eigenvalue weighted by atomic mass is 19.4. The number of rotatable bonds is 7. The normalized spacial score (nSPS) is 17.8. The van der Waals surface area contributed by atoms with Crippen molar-refractivity contribution in [3.05, 3.63) is 35.9 Å². The monoisotopic (exact) mass is 462 g/mol. The maximum Gasteiger partial charge on any atom is 0.459 e. The first-order valence-electron chi connectivity index (χ1n) is 7.74. The second-order valence-electron chi connectivity index (χ2n) is 6.33. The van der Waals surface area contributed by atoms with Gasteiger partial charge in [-0.25, -0.2) is 9.18 Å². The van der Waals surface area contributed by atoms with Gasteiger partial charge in [0.25, 0.3) is 0 Å². The third-order valence-corrected chi connectivity index (χ3v) is 4.00. The van der Waals surface area contributed by atoms with E-state index >= 15 is 0 Å². The Kier molecular flexibility index (Phi) is 7.08. The van der Waals surface area contributed by atoms with E-state index in [9.17, 15) is 58.2 Å². The minimum atomic E-state index is -7.24. The van der Waals surface area contributed by atoms with Crippen molar-refractivity contribution in [2.45, 2.75) is 49.5 Å². The van der Waals surface area contributed by atoms with E-state index in [1.165, 1.54) is 30.3 Å². The number of aliphatic hydroxyl groups is 1. The summed E-state index contributed by atoms with van der Waals surface area (Å²) in [5, 5.41) is 9.76. The van der Waals surface area contributed by atoms with Crippen LogP contribution < -0.4 is 0 Å². The molecule has 0 aromatic heterocycles. The lowest BCUT2D eigenvalue weighted by molar-refractivity contribution is -0.380. The molecule has 172 valence electrons. The van der Waals surface area contributed by atoms with Gasteiger partial charge in [-0.2, -0.15) is 43.9 Å². The summed E-state index contributed by atoms with van der Waals surface area (Å²) in [6.07, 6.45) is -18.8. The van der Waals surface area contributed by atoms with Crippen LogP contribution in [0.2, 0.25) is 0 Å². The fourth-order valence-electron chi connectivity index (χ4n) is 2.34. The predicted octanol–water partition coefficient (Wildman–Crippen LogP) is 4.83. The molecule has 0 saturated heterocycles. The number of hydrogen-bond donors (Lipinski definition) is 1. The van der Waals surface area contributed by atoms with Gasteiger partial charge in [0.1, 0.15) is 12.5 Å². The number of carbonyl (C=O) groups excluding carboxylic acids is 1. The topological polar surface area (TPSA) is 46.5 Å². The molecular formula is C16H13F11O3. The van der Waals surface area contributed by atoms with Gasteiger partial charge >= 0.3 is 30.2 Å². The van der Waals surface area contributed by atoms with Crippen molar-refractivity contribution in [3.8, 4) is 0 Å². The van der Waals surface area contributed by atoms with Crippen LogP contribution in [0.25, 0.3) is 0 Å². The van der Waals surface area contributed by atoms with Crippen molar-refractivity contribution in [2.24, 2.45) is 5.92 Å². The van der Waals surface area contributed by atoms with Crippen LogP contribution in [0, 0.1) is 5.92 Å². The van der Waals surface area contributed by atoms with E-state index in [2.05, 4.69) is 4.74 Å². The van der Waals surface area contributed by atoms with Gasteiger partial charge in [0.15, 0.2) is 11.8 Å². The zero-order chi connectivity index (χ0) is 23.8. The molecule has 3 nitrogen and oxygen atoms in total. The van der Waals surface area contributed by atoms with Gasteiger partial charge in [0.2, 0.25) is 0 Å². The Morgan fingerprint density at radius 2 is 1.43 bits per heavy atom. The third-order valence-electron chi connectivity index (χ3n) is 4.00. The summed E-state index contributed by atoms with van der Waals surface area (Å²) in [6, 6.07) is 6.81. The smallest absolute Gasteiger partial charge is 0.459 e. The molecule has 0 spiro atoms. The molecule has 0 radical (unpaired) electrons. The van der Waals surface area contributed by atoms with Crippen LogP contribution in [0.3, 0.4) is 0 Å². The molecular weight excluding hydrogens is 449 g/mol. The molecule has 1 aromatic rings. The van der Waals surface area contributed by atoms with E-state index in [1.807, 2.05) is 0 Å².